The number of aromatic nitrogens is 3. The second kappa shape index (κ2) is 10.9. The Morgan fingerprint density at radius 1 is 1.08 bits per heavy atom. The monoisotopic (exact) mass is 532 g/mol. The SMILES string of the molecule is CCCCc1nc(O)c(S(=O)(=O)c2ccc(-c3cncc(F)c3)cc2)c(=O)n1-c1c(C#N)cccc1CC. The Bertz CT molecular complexity index is 1710. The molecule has 0 aliphatic heterocycles. The molecule has 0 spiro atoms. The summed E-state index contributed by atoms with van der Waals surface area (Å²) in [5, 5.41) is 20.5. The summed E-state index contributed by atoms with van der Waals surface area (Å²) in [7, 11) is -4.53. The molecule has 10 heteroatoms. The van der Waals surface area contributed by atoms with Crippen LogP contribution in [0.5, 0.6) is 5.88 Å². The Hall–Kier alpha value is -4.36. The summed E-state index contributed by atoms with van der Waals surface area (Å²) in [6.45, 7) is 3.81. The topological polar surface area (TPSA) is 126 Å². The molecule has 4 rings (SSSR count). The summed E-state index contributed by atoms with van der Waals surface area (Å²) in [5.41, 5.74) is 1.08. The van der Waals surface area contributed by atoms with Crippen molar-refractivity contribution in [1.29, 1.82) is 5.26 Å². The number of halogens is 1. The van der Waals surface area contributed by atoms with Crippen LogP contribution in [0.3, 0.4) is 0 Å². The lowest BCUT2D eigenvalue weighted by Gasteiger charge is -2.18. The Balaban J connectivity index is 1.93. The predicted molar refractivity (Wildman–Crippen MR) is 139 cm³/mol. The third-order valence-corrected chi connectivity index (χ3v) is 7.95. The molecule has 0 saturated carbocycles. The van der Waals surface area contributed by atoms with E-state index in [9.17, 15) is 28.0 Å². The summed E-state index contributed by atoms with van der Waals surface area (Å²) in [6, 6.07) is 13.8. The lowest BCUT2D eigenvalue weighted by molar-refractivity contribution is 0.424. The van der Waals surface area contributed by atoms with Gasteiger partial charge in [-0.05, 0) is 48.2 Å². The molecule has 194 valence electrons. The molecule has 0 fully saturated rings. The summed E-state index contributed by atoms with van der Waals surface area (Å²) in [5.74, 6) is -1.27. The van der Waals surface area contributed by atoms with Gasteiger partial charge in [-0.1, -0.05) is 44.5 Å². The highest BCUT2D eigenvalue weighted by Crippen LogP contribution is 2.29. The van der Waals surface area contributed by atoms with Crippen LogP contribution >= 0.6 is 0 Å². The first kappa shape index (κ1) is 26.7. The fourth-order valence-electron chi connectivity index (χ4n) is 4.25. The van der Waals surface area contributed by atoms with Crippen molar-refractivity contribution in [3.63, 3.8) is 0 Å². The molecule has 2 heterocycles. The number of aryl methyl sites for hydroxylation is 2. The van der Waals surface area contributed by atoms with Gasteiger partial charge in [-0.3, -0.25) is 14.3 Å². The van der Waals surface area contributed by atoms with Crippen molar-refractivity contribution < 1.29 is 17.9 Å². The molecule has 0 saturated heterocycles. The standard InChI is InChI=1S/C28H25FN4O4S/c1-3-5-9-24-32-27(34)26(28(35)33(24)25-18(4-2)7-6-8-20(25)15-30)38(36,37)23-12-10-19(11-13-23)21-14-22(29)17-31-16-21/h6-8,10-14,16-17,34H,3-5,9H2,1-2H3. The van der Waals surface area contributed by atoms with E-state index in [1.54, 1.807) is 18.2 Å². The summed E-state index contributed by atoms with van der Waals surface area (Å²) in [6.07, 6.45) is 4.66. The van der Waals surface area contributed by atoms with Crippen LogP contribution in [0, 0.1) is 17.1 Å². The first-order valence-corrected chi connectivity index (χ1v) is 13.5. The maximum atomic E-state index is 13.9. The van der Waals surface area contributed by atoms with Crippen molar-refractivity contribution in [3.05, 3.63) is 94.0 Å². The maximum absolute atomic E-state index is 13.9. The van der Waals surface area contributed by atoms with Gasteiger partial charge in [0.05, 0.1) is 22.3 Å². The number of aromatic hydroxyl groups is 1. The molecule has 38 heavy (non-hydrogen) atoms. The number of benzene rings is 2. The Morgan fingerprint density at radius 2 is 1.82 bits per heavy atom. The lowest BCUT2D eigenvalue weighted by atomic mass is 10.0. The van der Waals surface area contributed by atoms with Gasteiger partial charge in [-0.25, -0.2) is 12.8 Å². The second-order valence-electron chi connectivity index (χ2n) is 8.62. The van der Waals surface area contributed by atoms with E-state index in [0.29, 0.717) is 36.0 Å². The highest BCUT2D eigenvalue weighted by atomic mass is 32.2. The van der Waals surface area contributed by atoms with Gasteiger partial charge in [0.2, 0.25) is 15.7 Å². The first-order valence-electron chi connectivity index (χ1n) is 12.1. The van der Waals surface area contributed by atoms with Crippen molar-refractivity contribution in [3.8, 4) is 28.8 Å². The zero-order chi connectivity index (χ0) is 27.4. The molecule has 0 amide bonds. The molecule has 2 aromatic carbocycles. The van der Waals surface area contributed by atoms with Gasteiger partial charge in [-0.15, -0.1) is 0 Å². The number of para-hydroxylation sites is 1. The van der Waals surface area contributed by atoms with E-state index >= 15 is 0 Å². The predicted octanol–water partition coefficient (Wildman–Crippen LogP) is 4.75. The van der Waals surface area contributed by atoms with E-state index in [0.717, 1.165) is 17.2 Å². The molecule has 1 N–H and O–H groups in total. The van der Waals surface area contributed by atoms with E-state index in [-0.39, 0.29) is 22.0 Å². The van der Waals surface area contributed by atoms with Gasteiger partial charge in [0.25, 0.3) is 5.56 Å². The van der Waals surface area contributed by atoms with E-state index < -0.39 is 32.0 Å². The molecule has 0 aliphatic carbocycles. The molecule has 0 unspecified atom stereocenters. The number of unbranched alkanes of at least 4 members (excludes halogenated alkanes) is 1. The molecular weight excluding hydrogens is 507 g/mol. The molecular formula is C28H25FN4O4S. The number of sulfone groups is 1. The van der Waals surface area contributed by atoms with Crippen LogP contribution in [0.4, 0.5) is 4.39 Å². The fraction of sp³-hybridized carbons (Fsp3) is 0.214. The van der Waals surface area contributed by atoms with Crippen LogP contribution in [-0.4, -0.2) is 28.1 Å². The van der Waals surface area contributed by atoms with Crippen LogP contribution < -0.4 is 5.56 Å². The zero-order valence-corrected chi connectivity index (χ0v) is 21.7. The van der Waals surface area contributed by atoms with Crippen molar-refractivity contribution in [2.24, 2.45) is 0 Å². The van der Waals surface area contributed by atoms with Crippen molar-refractivity contribution in [2.75, 3.05) is 0 Å². The third-order valence-electron chi connectivity index (χ3n) is 6.16. The normalized spacial score (nSPS) is 11.3. The number of nitrogens with zero attached hydrogens (tertiary/aromatic N) is 4. The minimum atomic E-state index is -4.53. The van der Waals surface area contributed by atoms with Crippen LogP contribution in [0.25, 0.3) is 16.8 Å². The minimum Gasteiger partial charge on any atom is -0.492 e. The molecule has 0 aliphatic rings. The van der Waals surface area contributed by atoms with Gasteiger partial charge in [-0.2, -0.15) is 10.2 Å². The highest BCUT2D eigenvalue weighted by molar-refractivity contribution is 7.91. The smallest absolute Gasteiger partial charge is 0.281 e. The van der Waals surface area contributed by atoms with Crippen LogP contribution in [0.2, 0.25) is 0 Å². The maximum Gasteiger partial charge on any atom is 0.281 e. The Morgan fingerprint density at radius 3 is 2.45 bits per heavy atom. The third kappa shape index (κ3) is 4.93. The van der Waals surface area contributed by atoms with Gasteiger partial charge >= 0.3 is 0 Å². The molecule has 2 aromatic heterocycles. The second-order valence-corrected chi connectivity index (χ2v) is 10.5. The number of pyridine rings is 1. The minimum absolute atomic E-state index is 0.166. The van der Waals surface area contributed by atoms with E-state index in [1.807, 2.05) is 13.8 Å². The summed E-state index contributed by atoms with van der Waals surface area (Å²) >= 11 is 0. The van der Waals surface area contributed by atoms with E-state index in [1.165, 1.54) is 36.5 Å². The van der Waals surface area contributed by atoms with Gasteiger partial charge < -0.3 is 5.11 Å². The van der Waals surface area contributed by atoms with Gasteiger partial charge in [0.15, 0.2) is 4.90 Å². The van der Waals surface area contributed by atoms with Gasteiger partial charge in [0, 0.05) is 18.2 Å². The largest absolute Gasteiger partial charge is 0.492 e. The summed E-state index contributed by atoms with van der Waals surface area (Å²) in [4.78, 5) is 20.7. The number of hydrogen-bond acceptors (Lipinski definition) is 7. The van der Waals surface area contributed by atoms with Gasteiger partial charge in [0.1, 0.15) is 17.7 Å². The molecule has 0 atom stereocenters. The number of rotatable bonds is 8. The van der Waals surface area contributed by atoms with E-state index in [4.69, 9.17) is 0 Å². The van der Waals surface area contributed by atoms with Crippen LogP contribution in [0.15, 0.2) is 75.5 Å². The number of hydrogen-bond donors (Lipinski definition) is 1. The van der Waals surface area contributed by atoms with Crippen molar-refractivity contribution >= 4 is 9.84 Å². The highest BCUT2D eigenvalue weighted by Gasteiger charge is 2.31. The molecule has 8 nitrogen and oxygen atoms in total. The van der Waals surface area contributed by atoms with E-state index in [2.05, 4.69) is 16.0 Å². The van der Waals surface area contributed by atoms with Crippen molar-refractivity contribution in [2.45, 2.75) is 49.3 Å². The van der Waals surface area contributed by atoms with Crippen molar-refractivity contribution in [1.82, 2.24) is 14.5 Å². The average molecular weight is 533 g/mol. The number of nitriles is 1. The Labute approximate surface area is 219 Å². The van der Waals surface area contributed by atoms with Crippen LogP contribution in [0.1, 0.15) is 43.6 Å². The Kier molecular flexibility index (Phi) is 7.69. The molecule has 0 radical (unpaired) electrons. The summed E-state index contributed by atoms with van der Waals surface area (Å²) < 4.78 is 42.0. The average Bonchev–Trinajstić information content (AvgIpc) is 2.91. The zero-order valence-electron chi connectivity index (χ0n) is 20.8. The lowest BCUT2D eigenvalue weighted by Crippen LogP contribution is -2.30. The fourth-order valence-corrected chi connectivity index (χ4v) is 5.59. The molecule has 0 bridgehead atoms. The molecule has 4 aromatic rings. The first-order chi connectivity index (χ1) is 18.2. The quantitative estimate of drug-likeness (QED) is 0.347. The van der Waals surface area contributed by atoms with Crippen LogP contribution in [-0.2, 0) is 22.7 Å².